The quantitative estimate of drug-likeness (QED) is 0.728. The van der Waals surface area contributed by atoms with Gasteiger partial charge in [-0.05, 0) is 45.1 Å². The molecule has 0 saturated heterocycles. The third kappa shape index (κ3) is 4.55. The first-order chi connectivity index (χ1) is 12.6. The number of thiazole rings is 1. The number of hydrogen-bond donors (Lipinski definition) is 2. The van der Waals surface area contributed by atoms with Crippen LogP contribution in [0.2, 0.25) is 0 Å². The summed E-state index contributed by atoms with van der Waals surface area (Å²) in [6, 6.07) is 8.11. The minimum Gasteiger partial charge on any atom is -0.447 e. The summed E-state index contributed by atoms with van der Waals surface area (Å²) in [6.07, 6.45) is 6.42. The lowest BCUT2D eigenvalue weighted by Gasteiger charge is -2.28. The second kappa shape index (κ2) is 8.54. The van der Waals surface area contributed by atoms with E-state index in [0.29, 0.717) is 5.92 Å². The molecule has 0 radical (unpaired) electrons. The van der Waals surface area contributed by atoms with Gasteiger partial charge in [0.2, 0.25) is 0 Å². The number of carbonyl (C=O) groups excluding carboxylic acids is 1. The number of anilines is 1. The highest BCUT2D eigenvalue weighted by molar-refractivity contribution is 7.15. The van der Waals surface area contributed by atoms with Crippen molar-refractivity contribution in [2.24, 2.45) is 0 Å². The second-order valence-corrected chi connectivity index (χ2v) is 8.03. The SMILES string of the molecule is CCC(C)OC(=O)NC1CCC(c2ncc(-c3ccccc3N)s2)CC1. The van der Waals surface area contributed by atoms with Crippen LogP contribution in [0.1, 0.15) is 56.9 Å². The molecule has 1 fully saturated rings. The summed E-state index contributed by atoms with van der Waals surface area (Å²) in [4.78, 5) is 17.6. The predicted octanol–water partition coefficient (Wildman–Crippen LogP) is 4.94. The third-order valence-corrected chi connectivity index (χ3v) is 6.22. The smallest absolute Gasteiger partial charge is 0.407 e. The number of alkyl carbamates (subject to hydrolysis) is 1. The highest BCUT2D eigenvalue weighted by atomic mass is 32.1. The summed E-state index contributed by atoms with van der Waals surface area (Å²) in [5.41, 5.74) is 7.92. The fraction of sp³-hybridized carbons (Fsp3) is 0.500. The van der Waals surface area contributed by atoms with Crippen LogP contribution >= 0.6 is 11.3 Å². The highest BCUT2D eigenvalue weighted by Gasteiger charge is 2.26. The molecular weight excluding hydrogens is 346 g/mol. The van der Waals surface area contributed by atoms with Gasteiger partial charge in [-0.2, -0.15) is 0 Å². The van der Waals surface area contributed by atoms with Crippen molar-refractivity contribution >= 4 is 23.1 Å². The van der Waals surface area contributed by atoms with Crippen LogP contribution in [-0.2, 0) is 4.74 Å². The molecule has 1 aromatic carbocycles. The molecule has 1 heterocycles. The maximum atomic E-state index is 11.9. The van der Waals surface area contributed by atoms with Crippen LogP contribution < -0.4 is 11.1 Å². The monoisotopic (exact) mass is 373 g/mol. The zero-order valence-electron chi connectivity index (χ0n) is 15.4. The van der Waals surface area contributed by atoms with Crippen LogP contribution in [0.5, 0.6) is 0 Å². The lowest BCUT2D eigenvalue weighted by Crippen LogP contribution is -2.38. The Hall–Kier alpha value is -2.08. The molecule has 1 aliphatic carbocycles. The van der Waals surface area contributed by atoms with E-state index in [9.17, 15) is 4.79 Å². The van der Waals surface area contributed by atoms with Crippen molar-refractivity contribution in [3.8, 4) is 10.4 Å². The topological polar surface area (TPSA) is 77.2 Å². The van der Waals surface area contributed by atoms with E-state index < -0.39 is 0 Å². The highest BCUT2D eigenvalue weighted by Crippen LogP contribution is 2.38. The van der Waals surface area contributed by atoms with E-state index in [4.69, 9.17) is 10.5 Å². The molecule has 1 aliphatic rings. The number of nitrogens with two attached hydrogens (primary N) is 1. The second-order valence-electron chi connectivity index (χ2n) is 6.97. The number of para-hydroxylation sites is 1. The molecule has 2 aromatic rings. The first-order valence-corrected chi connectivity index (χ1v) is 10.2. The molecule has 1 atom stereocenters. The number of amides is 1. The number of aromatic nitrogens is 1. The number of nitrogen functional groups attached to an aromatic ring is 1. The van der Waals surface area contributed by atoms with Crippen LogP contribution in [0.3, 0.4) is 0 Å². The van der Waals surface area contributed by atoms with Gasteiger partial charge in [-0.3, -0.25) is 0 Å². The molecule has 3 N–H and O–H groups in total. The fourth-order valence-electron chi connectivity index (χ4n) is 3.27. The molecule has 5 nitrogen and oxygen atoms in total. The third-order valence-electron chi connectivity index (χ3n) is 5.03. The van der Waals surface area contributed by atoms with E-state index in [1.54, 1.807) is 11.3 Å². The van der Waals surface area contributed by atoms with Gasteiger partial charge in [0.25, 0.3) is 0 Å². The molecule has 1 amide bonds. The number of rotatable bonds is 5. The van der Waals surface area contributed by atoms with Crippen molar-refractivity contribution in [1.29, 1.82) is 0 Å². The lowest BCUT2D eigenvalue weighted by atomic mass is 9.86. The van der Waals surface area contributed by atoms with Crippen molar-refractivity contribution < 1.29 is 9.53 Å². The van der Waals surface area contributed by atoms with Crippen molar-refractivity contribution in [3.05, 3.63) is 35.5 Å². The van der Waals surface area contributed by atoms with E-state index in [1.165, 1.54) is 5.01 Å². The van der Waals surface area contributed by atoms with Gasteiger partial charge in [0.1, 0.15) is 6.10 Å². The van der Waals surface area contributed by atoms with Gasteiger partial charge in [0.15, 0.2) is 0 Å². The van der Waals surface area contributed by atoms with Crippen molar-refractivity contribution in [1.82, 2.24) is 10.3 Å². The lowest BCUT2D eigenvalue weighted by molar-refractivity contribution is 0.0992. The average Bonchev–Trinajstić information content (AvgIpc) is 3.12. The summed E-state index contributed by atoms with van der Waals surface area (Å²) in [6.45, 7) is 3.92. The predicted molar refractivity (Wildman–Crippen MR) is 106 cm³/mol. The Kier molecular flexibility index (Phi) is 6.14. The molecule has 140 valence electrons. The van der Waals surface area contributed by atoms with Crippen molar-refractivity contribution in [3.63, 3.8) is 0 Å². The Balaban J connectivity index is 1.54. The Bertz CT molecular complexity index is 738. The summed E-state index contributed by atoms with van der Waals surface area (Å²) in [5.74, 6) is 0.460. The number of ether oxygens (including phenoxy) is 1. The van der Waals surface area contributed by atoms with Gasteiger partial charge in [0, 0.05) is 29.4 Å². The molecule has 3 rings (SSSR count). The van der Waals surface area contributed by atoms with Crippen LogP contribution in [0.25, 0.3) is 10.4 Å². The van der Waals surface area contributed by atoms with Gasteiger partial charge in [0.05, 0.1) is 9.88 Å². The van der Waals surface area contributed by atoms with Crippen LogP contribution in [-0.4, -0.2) is 23.2 Å². The van der Waals surface area contributed by atoms with Gasteiger partial charge in [-0.1, -0.05) is 25.1 Å². The standard InChI is InChI=1S/C20H27N3O2S/c1-3-13(2)25-20(24)23-15-10-8-14(9-11-15)19-22-12-18(26-19)16-6-4-5-7-17(16)21/h4-7,12-15H,3,8-11,21H2,1-2H3,(H,23,24). The van der Waals surface area contributed by atoms with Gasteiger partial charge in [-0.15, -0.1) is 11.3 Å². The fourth-order valence-corrected chi connectivity index (χ4v) is 4.41. The van der Waals surface area contributed by atoms with E-state index in [1.807, 2.05) is 44.3 Å². The van der Waals surface area contributed by atoms with Gasteiger partial charge in [-0.25, -0.2) is 9.78 Å². The molecule has 0 spiro atoms. The number of carbonyl (C=O) groups is 1. The number of nitrogens with one attached hydrogen (secondary N) is 1. The zero-order chi connectivity index (χ0) is 18.5. The van der Waals surface area contributed by atoms with Gasteiger partial charge >= 0.3 is 6.09 Å². The molecule has 1 saturated carbocycles. The molecular formula is C20H27N3O2S. The summed E-state index contributed by atoms with van der Waals surface area (Å²) < 4.78 is 5.31. The van der Waals surface area contributed by atoms with Crippen LogP contribution in [0.15, 0.2) is 30.5 Å². The first-order valence-electron chi connectivity index (χ1n) is 9.34. The Labute approximate surface area is 159 Å². The molecule has 6 heteroatoms. The molecule has 0 bridgehead atoms. The molecule has 1 unspecified atom stereocenters. The summed E-state index contributed by atoms with van der Waals surface area (Å²) in [7, 11) is 0. The number of benzene rings is 1. The minimum absolute atomic E-state index is 0.0366. The molecule has 26 heavy (non-hydrogen) atoms. The summed E-state index contributed by atoms with van der Waals surface area (Å²) in [5, 5.41) is 4.17. The largest absolute Gasteiger partial charge is 0.447 e. The van der Waals surface area contributed by atoms with Gasteiger partial charge < -0.3 is 15.8 Å². The maximum Gasteiger partial charge on any atom is 0.407 e. The van der Waals surface area contributed by atoms with E-state index in [0.717, 1.165) is 48.2 Å². The van der Waals surface area contributed by atoms with Crippen molar-refractivity contribution in [2.45, 2.75) is 64.0 Å². The van der Waals surface area contributed by atoms with Crippen LogP contribution in [0, 0.1) is 0 Å². The Morgan fingerprint density at radius 3 is 2.77 bits per heavy atom. The number of nitrogens with zero attached hydrogens (tertiary/aromatic N) is 1. The van der Waals surface area contributed by atoms with E-state index in [-0.39, 0.29) is 18.2 Å². The average molecular weight is 374 g/mol. The Morgan fingerprint density at radius 2 is 2.08 bits per heavy atom. The maximum absolute atomic E-state index is 11.9. The Morgan fingerprint density at radius 1 is 1.35 bits per heavy atom. The zero-order valence-corrected chi connectivity index (χ0v) is 16.2. The summed E-state index contributed by atoms with van der Waals surface area (Å²) >= 11 is 1.73. The van der Waals surface area contributed by atoms with E-state index >= 15 is 0 Å². The first kappa shape index (κ1) is 18.7. The number of hydrogen-bond acceptors (Lipinski definition) is 5. The van der Waals surface area contributed by atoms with Crippen LogP contribution in [0.4, 0.5) is 10.5 Å². The van der Waals surface area contributed by atoms with Crippen molar-refractivity contribution in [2.75, 3.05) is 5.73 Å². The molecule has 0 aliphatic heterocycles. The molecule has 1 aromatic heterocycles. The minimum atomic E-state index is -0.293. The normalized spacial score (nSPS) is 21.2. The van der Waals surface area contributed by atoms with E-state index in [2.05, 4.69) is 10.3 Å².